The van der Waals surface area contributed by atoms with Gasteiger partial charge in [-0.2, -0.15) is 0 Å². The Morgan fingerprint density at radius 3 is 2.79 bits per heavy atom. The molecule has 1 unspecified atom stereocenters. The van der Waals surface area contributed by atoms with E-state index in [4.69, 9.17) is 11.6 Å². The van der Waals surface area contributed by atoms with Crippen molar-refractivity contribution < 1.29 is 5.11 Å². The number of likely N-dealkylation sites (tertiary alicyclic amines) is 1. The van der Waals surface area contributed by atoms with E-state index in [9.17, 15) is 5.11 Å². The van der Waals surface area contributed by atoms with Crippen molar-refractivity contribution in [3.8, 4) is 0 Å². The molecule has 1 N–H and O–H groups in total. The number of aliphatic hydroxyl groups is 1. The van der Waals surface area contributed by atoms with Gasteiger partial charge in [0.1, 0.15) is 0 Å². The molecule has 1 saturated heterocycles. The number of unbranched alkanes of at least 4 members (excludes halogenated alkanes) is 1. The summed E-state index contributed by atoms with van der Waals surface area (Å²) in [6.07, 6.45) is 7.31. The first-order chi connectivity index (χ1) is 6.88. The molecule has 2 nitrogen and oxygen atoms in total. The van der Waals surface area contributed by atoms with Gasteiger partial charge in [0.05, 0.1) is 6.61 Å². The molecule has 1 heterocycles. The highest BCUT2D eigenvalue weighted by molar-refractivity contribution is 6.17. The van der Waals surface area contributed by atoms with E-state index in [1.54, 1.807) is 0 Å². The molecule has 1 atom stereocenters. The van der Waals surface area contributed by atoms with Gasteiger partial charge in [0.15, 0.2) is 0 Å². The van der Waals surface area contributed by atoms with Crippen molar-refractivity contribution >= 4 is 11.6 Å². The summed E-state index contributed by atoms with van der Waals surface area (Å²) in [5, 5.41) is 9.28. The van der Waals surface area contributed by atoms with E-state index in [1.165, 1.54) is 25.7 Å². The van der Waals surface area contributed by atoms with E-state index >= 15 is 0 Å². The number of rotatable bonds is 5. The van der Waals surface area contributed by atoms with Crippen molar-refractivity contribution in [2.45, 2.75) is 44.6 Å². The van der Waals surface area contributed by atoms with E-state index in [0.717, 1.165) is 31.8 Å². The van der Waals surface area contributed by atoms with Gasteiger partial charge >= 0.3 is 0 Å². The van der Waals surface area contributed by atoms with E-state index in [2.05, 4.69) is 4.90 Å². The van der Waals surface area contributed by atoms with Gasteiger partial charge in [-0.1, -0.05) is 12.8 Å². The predicted molar refractivity (Wildman–Crippen MR) is 60.9 cm³/mol. The largest absolute Gasteiger partial charge is 0.395 e. The normalized spacial score (nSPS) is 24.9. The molecule has 0 amide bonds. The Bertz CT molecular complexity index is 143. The molecule has 0 saturated carbocycles. The molecule has 3 heteroatoms. The SMILES string of the molecule is OCC1CCCCCN1CCCCCl. The minimum absolute atomic E-state index is 0.320. The number of hydrogen-bond acceptors (Lipinski definition) is 2. The second kappa shape index (κ2) is 7.49. The molecule has 0 spiro atoms. The number of hydrogen-bond donors (Lipinski definition) is 1. The average molecular weight is 220 g/mol. The molecule has 1 fully saturated rings. The van der Waals surface area contributed by atoms with Crippen LogP contribution in [0, 0.1) is 0 Å². The molecule has 1 aliphatic rings. The third-order valence-electron chi connectivity index (χ3n) is 3.04. The fraction of sp³-hybridized carbons (Fsp3) is 1.00. The van der Waals surface area contributed by atoms with Gasteiger partial charge in [-0.3, -0.25) is 4.90 Å². The van der Waals surface area contributed by atoms with E-state index < -0.39 is 0 Å². The first-order valence-corrected chi connectivity index (χ1v) is 6.33. The van der Waals surface area contributed by atoms with Crippen LogP contribution in [-0.4, -0.2) is 41.6 Å². The summed E-state index contributed by atoms with van der Waals surface area (Å²) in [5.74, 6) is 0.762. The lowest BCUT2D eigenvalue weighted by atomic mass is 10.1. The van der Waals surface area contributed by atoms with Crippen molar-refractivity contribution in [1.82, 2.24) is 4.90 Å². The van der Waals surface area contributed by atoms with Crippen molar-refractivity contribution in [2.75, 3.05) is 25.6 Å². The molecule has 0 aliphatic carbocycles. The smallest absolute Gasteiger partial charge is 0.0586 e. The molecule has 0 aromatic heterocycles. The summed E-state index contributed by atoms with van der Waals surface area (Å²) >= 11 is 5.65. The highest BCUT2D eigenvalue weighted by atomic mass is 35.5. The molecule has 1 aliphatic heterocycles. The molecule has 14 heavy (non-hydrogen) atoms. The van der Waals surface area contributed by atoms with Crippen LogP contribution in [0.3, 0.4) is 0 Å². The summed E-state index contributed by atoms with van der Waals surface area (Å²) < 4.78 is 0. The first kappa shape index (κ1) is 12.3. The van der Waals surface area contributed by atoms with E-state index in [0.29, 0.717) is 12.6 Å². The van der Waals surface area contributed by atoms with Crippen LogP contribution in [-0.2, 0) is 0 Å². The third-order valence-corrected chi connectivity index (χ3v) is 3.31. The van der Waals surface area contributed by atoms with Gasteiger partial charge in [0.2, 0.25) is 0 Å². The summed E-state index contributed by atoms with van der Waals surface area (Å²) in [5.41, 5.74) is 0. The van der Waals surface area contributed by atoms with Crippen molar-refractivity contribution in [2.24, 2.45) is 0 Å². The summed E-state index contributed by atoms with van der Waals surface area (Å²) in [4.78, 5) is 2.44. The van der Waals surface area contributed by atoms with Crippen molar-refractivity contribution in [3.63, 3.8) is 0 Å². The monoisotopic (exact) mass is 219 g/mol. The number of alkyl halides is 1. The molecular formula is C11H22ClNO. The highest BCUT2D eigenvalue weighted by Crippen LogP contribution is 2.16. The Balaban J connectivity index is 2.28. The van der Waals surface area contributed by atoms with Crippen molar-refractivity contribution in [1.29, 1.82) is 0 Å². The number of halogens is 1. The van der Waals surface area contributed by atoms with Crippen LogP contribution in [0.25, 0.3) is 0 Å². The van der Waals surface area contributed by atoms with Gasteiger partial charge in [0, 0.05) is 11.9 Å². The predicted octanol–water partition coefficient (Wildman–Crippen LogP) is 2.24. The molecule has 0 bridgehead atoms. The van der Waals surface area contributed by atoms with Crippen LogP contribution in [0.1, 0.15) is 38.5 Å². The zero-order valence-electron chi connectivity index (χ0n) is 8.92. The average Bonchev–Trinajstić information content (AvgIpc) is 2.43. The summed E-state index contributed by atoms with van der Waals surface area (Å²) in [7, 11) is 0. The van der Waals surface area contributed by atoms with Crippen LogP contribution in [0.4, 0.5) is 0 Å². The molecule has 84 valence electrons. The lowest BCUT2D eigenvalue weighted by molar-refractivity contribution is 0.123. The third kappa shape index (κ3) is 4.16. The zero-order valence-corrected chi connectivity index (χ0v) is 9.68. The van der Waals surface area contributed by atoms with Gasteiger partial charge < -0.3 is 5.11 Å². The fourth-order valence-electron chi connectivity index (χ4n) is 2.15. The maximum absolute atomic E-state index is 9.28. The van der Waals surface area contributed by atoms with Gasteiger partial charge in [0.25, 0.3) is 0 Å². The minimum atomic E-state index is 0.320. The minimum Gasteiger partial charge on any atom is -0.395 e. The number of aliphatic hydroxyl groups excluding tert-OH is 1. The van der Waals surface area contributed by atoms with Gasteiger partial charge in [-0.15, -0.1) is 11.6 Å². The molecular weight excluding hydrogens is 198 g/mol. The first-order valence-electron chi connectivity index (χ1n) is 5.79. The van der Waals surface area contributed by atoms with Crippen LogP contribution in [0.5, 0.6) is 0 Å². The quantitative estimate of drug-likeness (QED) is 0.567. The highest BCUT2D eigenvalue weighted by Gasteiger charge is 2.19. The second-order valence-corrected chi connectivity index (χ2v) is 4.50. The lowest BCUT2D eigenvalue weighted by Crippen LogP contribution is -2.38. The Morgan fingerprint density at radius 2 is 2.07 bits per heavy atom. The molecule has 0 radical (unpaired) electrons. The Morgan fingerprint density at radius 1 is 1.21 bits per heavy atom. The standard InChI is InChI=1S/C11H22ClNO/c12-7-3-5-9-13-8-4-1-2-6-11(13)10-14/h11,14H,1-10H2. The van der Waals surface area contributed by atoms with Crippen LogP contribution >= 0.6 is 11.6 Å². The Labute approximate surface area is 92.2 Å². The van der Waals surface area contributed by atoms with Gasteiger partial charge in [-0.25, -0.2) is 0 Å². The molecule has 0 aromatic rings. The second-order valence-electron chi connectivity index (χ2n) is 4.12. The topological polar surface area (TPSA) is 23.5 Å². The van der Waals surface area contributed by atoms with Crippen LogP contribution in [0.2, 0.25) is 0 Å². The van der Waals surface area contributed by atoms with Crippen molar-refractivity contribution in [3.05, 3.63) is 0 Å². The van der Waals surface area contributed by atoms with Crippen LogP contribution in [0.15, 0.2) is 0 Å². The van der Waals surface area contributed by atoms with E-state index in [1.807, 2.05) is 0 Å². The van der Waals surface area contributed by atoms with E-state index in [-0.39, 0.29) is 0 Å². The molecule has 1 rings (SSSR count). The number of nitrogens with zero attached hydrogens (tertiary/aromatic N) is 1. The maximum Gasteiger partial charge on any atom is 0.0586 e. The Hall–Kier alpha value is 0.210. The summed E-state index contributed by atoms with van der Waals surface area (Å²) in [6.45, 7) is 2.59. The Kier molecular flexibility index (Phi) is 6.57. The maximum atomic E-state index is 9.28. The lowest BCUT2D eigenvalue weighted by Gasteiger charge is -2.28. The summed E-state index contributed by atoms with van der Waals surface area (Å²) in [6, 6.07) is 0.410. The molecule has 0 aromatic carbocycles. The fourth-order valence-corrected chi connectivity index (χ4v) is 2.34. The zero-order chi connectivity index (χ0) is 10.2. The van der Waals surface area contributed by atoms with Crippen LogP contribution < -0.4 is 0 Å². The van der Waals surface area contributed by atoms with Gasteiger partial charge in [-0.05, 0) is 38.8 Å².